The molecule has 0 radical (unpaired) electrons. The molecule has 3 nitrogen and oxygen atoms in total. The molecule has 2 aromatic rings. The summed E-state index contributed by atoms with van der Waals surface area (Å²) < 4.78 is 7.87. The third-order valence-electron chi connectivity index (χ3n) is 2.33. The van der Waals surface area contributed by atoms with Gasteiger partial charge < -0.3 is 9.73 Å². The number of hydrogen-bond acceptors (Lipinski definition) is 4. The largest absolute Gasteiger partial charge is 0.439 e. The molecule has 2 heterocycles. The van der Waals surface area contributed by atoms with Crippen LogP contribution in [0.15, 0.2) is 24.3 Å². The van der Waals surface area contributed by atoms with Crippen molar-refractivity contribution in [3.05, 3.63) is 25.7 Å². The molecule has 1 unspecified atom stereocenters. The molecular weight excluding hydrogens is 368 g/mol. The molecule has 92 valence electrons. The molecule has 17 heavy (non-hydrogen) atoms. The van der Waals surface area contributed by atoms with E-state index in [0.29, 0.717) is 0 Å². The summed E-state index contributed by atoms with van der Waals surface area (Å²) in [4.78, 5) is 4.30. The summed E-state index contributed by atoms with van der Waals surface area (Å²) in [5.74, 6) is 1.51. The highest BCUT2D eigenvalue weighted by molar-refractivity contribution is 9.12. The maximum Gasteiger partial charge on any atom is 0.211 e. The van der Waals surface area contributed by atoms with Crippen LogP contribution in [0.2, 0.25) is 0 Å². The molecule has 0 aromatic carbocycles. The minimum absolute atomic E-state index is 0.134. The van der Waals surface area contributed by atoms with Crippen molar-refractivity contribution in [3.8, 4) is 11.3 Å². The van der Waals surface area contributed by atoms with Crippen LogP contribution in [0.4, 0.5) is 0 Å². The van der Waals surface area contributed by atoms with Crippen molar-refractivity contribution in [1.82, 2.24) is 10.3 Å². The van der Waals surface area contributed by atoms with Gasteiger partial charge in [0.1, 0.15) is 0 Å². The number of halogens is 2. The highest BCUT2D eigenvalue weighted by Crippen LogP contribution is 2.39. The molecule has 0 spiro atoms. The highest BCUT2D eigenvalue weighted by atomic mass is 79.9. The van der Waals surface area contributed by atoms with Gasteiger partial charge in [0.25, 0.3) is 0 Å². The van der Waals surface area contributed by atoms with E-state index in [1.807, 2.05) is 13.0 Å². The molecule has 1 N–H and O–H groups in total. The Morgan fingerprint density at radius 1 is 1.53 bits per heavy atom. The smallest absolute Gasteiger partial charge is 0.211 e. The van der Waals surface area contributed by atoms with Crippen LogP contribution in [0.5, 0.6) is 0 Å². The van der Waals surface area contributed by atoms with E-state index in [1.165, 1.54) is 0 Å². The van der Waals surface area contributed by atoms with Gasteiger partial charge in [0.05, 0.1) is 19.8 Å². The molecule has 6 heteroatoms. The second-order valence-corrected chi connectivity index (χ2v) is 7.33. The molecule has 0 amide bonds. The van der Waals surface area contributed by atoms with E-state index in [4.69, 9.17) is 4.42 Å². The zero-order valence-corrected chi connectivity index (χ0v) is 13.4. The van der Waals surface area contributed by atoms with Crippen molar-refractivity contribution in [2.24, 2.45) is 0 Å². The van der Waals surface area contributed by atoms with E-state index in [1.54, 1.807) is 17.5 Å². The third-order valence-corrected chi connectivity index (χ3v) is 4.67. The van der Waals surface area contributed by atoms with E-state index < -0.39 is 0 Å². The van der Waals surface area contributed by atoms with Crippen molar-refractivity contribution in [2.75, 3.05) is 6.54 Å². The van der Waals surface area contributed by atoms with Gasteiger partial charge in [-0.15, -0.1) is 11.3 Å². The van der Waals surface area contributed by atoms with Crippen molar-refractivity contribution >= 4 is 43.2 Å². The summed E-state index contributed by atoms with van der Waals surface area (Å²) in [6.07, 6.45) is 1.77. The summed E-state index contributed by atoms with van der Waals surface area (Å²) in [5.41, 5.74) is 1.03. The molecule has 0 fully saturated rings. The third kappa shape index (κ3) is 2.99. The molecule has 0 bridgehead atoms. The summed E-state index contributed by atoms with van der Waals surface area (Å²) in [5, 5.41) is 3.27. The minimum Gasteiger partial charge on any atom is -0.439 e. The zero-order chi connectivity index (χ0) is 12.4. The van der Waals surface area contributed by atoms with Gasteiger partial charge in [-0.2, -0.15) is 0 Å². The maximum atomic E-state index is 5.76. The molecule has 0 saturated heterocycles. The molecule has 0 saturated carbocycles. The maximum absolute atomic E-state index is 5.76. The molecule has 1 atom stereocenters. The van der Waals surface area contributed by atoms with Gasteiger partial charge in [0.2, 0.25) is 5.89 Å². The standard InChI is InChI=1S/C11H12Br2N2OS/c1-3-14-6(2)11-15-5-8(16-11)7-4-9(12)17-10(7)13/h4-6,14H,3H2,1-2H3. The van der Waals surface area contributed by atoms with Gasteiger partial charge in [-0.1, -0.05) is 6.92 Å². The van der Waals surface area contributed by atoms with E-state index in [9.17, 15) is 0 Å². The van der Waals surface area contributed by atoms with Gasteiger partial charge in [-0.3, -0.25) is 0 Å². The number of thiophene rings is 1. The van der Waals surface area contributed by atoms with Crippen LogP contribution in [-0.2, 0) is 0 Å². The Kier molecular flexibility index (Phi) is 4.41. The van der Waals surface area contributed by atoms with Gasteiger partial charge >= 0.3 is 0 Å². The van der Waals surface area contributed by atoms with Gasteiger partial charge in [0.15, 0.2) is 5.76 Å². The number of aromatic nitrogens is 1. The normalized spacial score (nSPS) is 12.9. The first-order valence-corrected chi connectivity index (χ1v) is 7.66. The zero-order valence-electron chi connectivity index (χ0n) is 9.46. The van der Waals surface area contributed by atoms with E-state index in [0.717, 1.165) is 31.3 Å². The Bertz CT molecular complexity index is 509. The minimum atomic E-state index is 0.134. The number of nitrogens with zero attached hydrogens (tertiary/aromatic N) is 1. The Hall–Kier alpha value is -0.170. The Labute approximate surface area is 121 Å². The second kappa shape index (κ2) is 5.65. The average Bonchev–Trinajstić information content (AvgIpc) is 2.85. The summed E-state index contributed by atoms with van der Waals surface area (Å²) in [6, 6.07) is 2.16. The summed E-state index contributed by atoms with van der Waals surface area (Å²) in [6.45, 7) is 5.00. The lowest BCUT2D eigenvalue weighted by Crippen LogP contribution is -2.17. The van der Waals surface area contributed by atoms with E-state index >= 15 is 0 Å². The number of hydrogen-bond donors (Lipinski definition) is 1. The van der Waals surface area contributed by atoms with Crippen LogP contribution in [0, 0.1) is 0 Å². The number of oxazole rings is 1. The fourth-order valence-electron chi connectivity index (χ4n) is 1.51. The fraction of sp³-hybridized carbons (Fsp3) is 0.364. The first-order valence-electron chi connectivity index (χ1n) is 5.26. The molecular formula is C11H12Br2N2OS. The van der Waals surface area contributed by atoms with Crippen LogP contribution < -0.4 is 5.32 Å². The van der Waals surface area contributed by atoms with Crippen LogP contribution in [0.1, 0.15) is 25.8 Å². The SMILES string of the molecule is CCNC(C)c1ncc(-c2cc(Br)sc2Br)o1. The van der Waals surface area contributed by atoms with Gasteiger partial charge in [-0.05, 0) is 51.4 Å². The Morgan fingerprint density at radius 3 is 2.88 bits per heavy atom. The number of nitrogens with one attached hydrogen (secondary N) is 1. The van der Waals surface area contributed by atoms with Crippen LogP contribution in [0.3, 0.4) is 0 Å². The predicted molar refractivity (Wildman–Crippen MR) is 77.3 cm³/mol. The fourth-order valence-corrected chi connectivity index (χ4v) is 4.33. The Morgan fingerprint density at radius 2 is 2.29 bits per heavy atom. The van der Waals surface area contributed by atoms with Crippen molar-refractivity contribution in [2.45, 2.75) is 19.9 Å². The van der Waals surface area contributed by atoms with Crippen LogP contribution in [0.25, 0.3) is 11.3 Å². The van der Waals surface area contributed by atoms with Crippen molar-refractivity contribution < 1.29 is 4.42 Å². The van der Waals surface area contributed by atoms with Gasteiger partial charge in [-0.25, -0.2) is 4.98 Å². The van der Waals surface area contributed by atoms with Crippen LogP contribution in [-0.4, -0.2) is 11.5 Å². The lowest BCUT2D eigenvalue weighted by Gasteiger charge is -2.06. The molecule has 0 aliphatic rings. The van der Waals surface area contributed by atoms with Crippen LogP contribution >= 0.6 is 43.2 Å². The predicted octanol–water partition coefficient (Wildman–Crippen LogP) is 4.60. The van der Waals surface area contributed by atoms with Crippen molar-refractivity contribution in [3.63, 3.8) is 0 Å². The highest BCUT2D eigenvalue weighted by Gasteiger charge is 2.15. The molecule has 2 aromatic heterocycles. The summed E-state index contributed by atoms with van der Waals surface area (Å²) >= 11 is 8.59. The molecule has 0 aliphatic heterocycles. The average molecular weight is 380 g/mol. The lowest BCUT2D eigenvalue weighted by atomic mass is 10.3. The quantitative estimate of drug-likeness (QED) is 0.843. The molecule has 0 aliphatic carbocycles. The molecule has 2 rings (SSSR count). The number of rotatable bonds is 4. The lowest BCUT2D eigenvalue weighted by molar-refractivity contribution is 0.429. The van der Waals surface area contributed by atoms with Gasteiger partial charge in [0, 0.05) is 5.56 Å². The first-order chi connectivity index (χ1) is 8.11. The topological polar surface area (TPSA) is 38.1 Å². The van der Waals surface area contributed by atoms with Crippen molar-refractivity contribution in [1.29, 1.82) is 0 Å². The summed E-state index contributed by atoms with van der Waals surface area (Å²) in [7, 11) is 0. The van der Waals surface area contributed by atoms with E-state index in [-0.39, 0.29) is 6.04 Å². The Balaban J connectivity index is 2.26. The first kappa shape index (κ1) is 13.3. The van der Waals surface area contributed by atoms with E-state index in [2.05, 4.69) is 49.1 Å². The monoisotopic (exact) mass is 378 g/mol. The second-order valence-electron chi connectivity index (χ2n) is 3.58.